The number of likely N-dealkylation sites (tertiary alicyclic amines) is 1. The maximum atomic E-state index is 3.54. The van der Waals surface area contributed by atoms with Gasteiger partial charge in [-0.3, -0.25) is 0 Å². The van der Waals surface area contributed by atoms with Crippen LogP contribution in [0.1, 0.15) is 31.2 Å². The quantitative estimate of drug-likeness (QED) is 0.808. The molecule has 1 aromatic rings. The first-order valence-electron chi connectivity index (χ1n) is 5.77. The van der Waals surface area contributed by atoms with Gasteiger partial charge in [0.15, 0.2) is 0 Å². The van der Waals surface area contributed by atoms with Gasteiger partial charge in [-0.15, -0.1) is 0 Å². The Morgan fingerprint density at radius 3 is 3.07 bits per heavy atom. The number of hydrogen-bond acceptors (Lipinski definition) is 1. The van der Waals surface area contributed by atoms with Gasteiger partial charge in [-0.2, -0.15) is 0 Å². The Bertz CT molecular complexity index is 324. The minimum absolute atomic E-state index is 0.744. The van der Waals surface area contributed by atoms with Crippen LogP contribution in [0, 0.1) is 0 Å². The first kappa shape index (κ1) is 11.2. The molecule has 0 aliphatic carbocycles. The molecular formula is C13H18BrN. The van der Waals surface area contributed by atoms with Crippen LogP contribution in [0.25, 0.3) is 0 Å². The standard InChI is InChI=1S/C13H18BrN/c1-2-7-15-8-6-12(10-15)11-4-3-5-13(14)9-11/h3-5,9,12H,2,6-8,10H2,1H3. The molecule has 1 atom stereocenters. The summed E-state index contributed by atoms with van der Waals surface area (Å²) in [6.45, 7) is 6.02. The first-order valence-corrected chi connectivity index (χ1v) is 6.56. The van der Waals surface area contributed by atoms with E-state index in [1.807, 2.05) is 0 Å². The maximum Gasteiger partial charge on any atom is 0.0178 e. The van der Waals surface area contributed by atoms with Gasteiger partial charge < -0.3 is 4.90 Å². The fourth-order valence-electron chi connectivity index (χ4n) is 2.38. The number of benzene rings is 1. The van der Waals surface area contributed by atoms with E-state index in [2.05, 4.69) is 52.0 Å². The Labute approximate surface area is 101 Å². The van der Waals surface area contributed by atoms with Gasteiger partial charge in [0.25, 0.3) is 0 Å². The van der Waals surface area contributed by atoms with Gasteiger partial charge in [-0.25, -0.2) is 0 Å². The summed E-state index contributed by atoms with van der Waals surface area (Å²) in [6, 6.07) is 8.76. The third-order valence-electron chi connectivity index (χ3n) is 3.13. The van der Waals surface area contributed by atoms with Crippen LogP contribution < -0.4 is 0 Å². The molecule has 1 saturated heterocycles. The summed E-state index contributed by atoms with van der Waals surface area (Å²) in [5.74, 6) is 0.744. The van der Waals surface area contributed by atoms with Crippen LogP contribution >= 0.6 is 15.9 Å². The second-order valence-corrected chi connectivity index (χ2v) is 5.26. The molecular weight excluding hydrogens is 250 g/mol. The van der Waals surface area contributed by atoms with E-state index < -0.39 is 0 Å². The van der Waals surface area contributed by atoms with Crippen LogP contribution in [-0.4, -0.2) is 24.5 Å². The molecule has 1 aliphatic rings. The molecule has 0 bridgehead atoms. The average Bonchev–Trinajstić information content (AvgIpc) is 2.67. The van der Waals surface area contributed by atoms with E-state index in [9.17, 15) is 0 Å². The molecule has 0 aromatic heterocycles. The van der Waals surface area contributed by atoms with Crippen LogP contribution in [0.2, 0.25) is 0 Å². The average molecular weight is 268 g/mol. The van der Waals surface area contributed by atoms with E-state index in [4.69, 9.17) is 0 Å². The second-order valence-electron chi connectivity index (χ2n) is 4.34. The molecule has 2 rings (SSSR count). The summed E-state index contributed by atoms with van der Waals surface area (Å²) < 4.78 is 1.20. The van der Waals surface area contributed by atoms with Gasteiger partial charge in [0, 0.05) is 11.0 Å². The van der Waals surface area contributed by atoms with Crippen LogP contribution in [0.15, 0.2) is 28.7 Å². The van der Waals surface area contributed by atoms with Crippen molar-refractivity contribution in [3.63, 3.8) is 0 Å². The lowest BCUT2D eigenvalue weighted by Crippen LogP contribution is -2.20. The van der Waals surface area contributed by atoms with Crippen LogP contribution in [0.5, 0.6) is 0 Å². The van der Waals surface area contributed by atoms with Crippen molar-refractivity contribution in [2.45, 2.75) is 25.7 Å². The second kappa shape index (κ2) is 5.13. The Hall–Kier alpha value is -0.340. The van der Waals surface area contributed by atoms with Crippen molar-refractivity contribution in [3.05, 3.63) is 34.3 Å². The third kappa shape index (κ3) is 2.82. The van der Waals surface area contributed by atoms with Crippen molar-refractivity contribution in [2.24, 2.45) is 0 Å². The van der Waals surface area contributed by atoms with E-state index in [1.165, 1.54) is 42.5 Å². The molecule has 15 heavy (non-hydrogen) atoms. The molecule has 0 amide bonds. The molecule has 1 aromatic carbocycles. The predicted molar refractivity (Wildman–Crippen MR) is 68.2 cm³/mol. The van der Waals surface area contributed by atoms with E-state index in [0.29, 0.717) is 0 Å². The normalized spacial score (nSPS) is 22.1. The van der Waals surface area contributed by atoms with E-state index in [0.717, 1.165) is 5.92 Å². The Morgan fingerprint density at radius 2 is 2.33 bits per heavy atom. The predicted octanol–water partition coefficient (Wildman–Crippen LogP) is 3.65. The van der Waals surface area contributed by atoms with E-state index in [-0.39, 0.29) is 0 Å². The fourth-order valence-corrected chi connectivity index (χ4v) is 2.80. The molecule has 1 fully saturated rings. The van der Waals surface area contributed by atoms with Gasteiger partial charge in [-0.05, 0) is 49.5 Å². The van der Waals surface area contributed by atoms with Crippen molar-refractivity contribution in [3.8, 4) is 0 Å². The van der Waals surface area contributed by atoms with Crippen LogP contribution in [-0.2, 0) is 0 Å². The molecule has 1 nitrogen and oxygen atoms in total. The zero-order chi connectivity index (χ0) is 10.7. The van der Waals surface area contributed by atoms with Gasteiger partial charge >= 0.3 is 0 Å². The fraction of sp³-hybridized carbons (Fsp3) is 0.538. The van der Waals surface area contributed by atoms with Crippen molar-refractivity contribution < 1.29 is 0 Å². The molecule has 1 heterocycles. The lowest BCUT2D eigenvalue weighted by atomic mass is 9.99. The third-order valence-corrected chi connectivity index (χ3v) is 3.63. The Balaban J connectivity index is 2.01. The van der Waals surface area contributed by atoms with Crippen LogP contribution in [0.4, 0.5) is 0 Å². The number of rotatable bonds is 3. The van der Waals surface area contributed by atoms with Gasteiger partial charge in [0.1, 0.15) is 0 Å². The number of halogens is 1. The zero-order valence-electron chi connectivity index (χ0n) is 9.25. The first-order chi connectivity index (χ1) is 7.29. The largest absolute Gasteiger partial charge is 0.303 e. The summed E-state index contributed by atoms with van der Waals surface area (Å²) in [6.07, 6.45) is 2.58. The number of hydrogen-bond donors (Lipinski definition) is 0. The lowest BCUT2D eigenvalue weighted by molar-refractivity contribution is 0.335. The zero-order valence-corrected chi connectivity index (χ0v) is 10.8. The van der Waals surface area contributed by atoms with Crippen molar-refractivity contribution in [2.75, 3.05) is 19.6 Å². The highest BCUT2D eigenvalue weighted by atomic mass is 79.9. The number of nitrogens with zero attached hydrogens (tertiary/aromatic N) is 1. The van der Waals surface area contributed by atoms with E-state index in [1.54, 1.807) is 0 Å². The van der Waals surface area contributed by atoms with Gasteiger partial charge in [0.05, 0.1) is 0 Å². The van der Waals surface area contributed by atoms with Crippen molar-refractivity contribution in [1.29, 1.82) is 0 Å². The summed E-state index contributed by atoms with van der Waals surface area (Å²) in [5, 5.41) is 0. The highest BCUT2D eigenvalue weighted by Crippen LogP contribution is 2.28. The van der Waals surface area contributed by atoms with E-state index >= 15 is 0 Å². The SMILES string of the molecule is CCCN1CCC(c2cccc(Br)c2)C1. The summed E-state index contributed by atoms with van der Waals surface area (Å²) in [4.78, 5) is 2.57. The van der Waals surface area contributed by atoms with Crippen molar-refractivity contribution in [1.82, 2.24) is 4.90 Å². The summed E-state index contributed by atoms with van der Waals surface area (Å²) >= 11 is 3.54. The topological polar surface area (TPSA) is 3.24 Å². The minimum atomic E-state index is 0.744. The summed E-state index contributed by atoms with van der Waals surface area (Å²) in [5.41, 5.74) is 1.49. The molecule has 82 valence electrons. The molecule has 2 heteroatoms. The molecule has 1 unspecified atom stereocenters. The molecule has 0 radical (unpaired) electrons. The molecule has 0 N–H and O–H groups in total. The lowest BCUT2D eigenvalue weighted by Gasteiger charge is -2.14. The smallest absolute Gasteiger partial charge is 0.0178 e. The highest BCUT2D eigenvalue weighted by molar-refractivity contribution is 9.10. The van der Waals surface area contributed by atoms with Crippen LogP contribution in [0.3, 0.4) is 0 Å². The Kier molecular flexibility index (Phi) is 3.81. The van der Waals surface area contributed by atoms with Crippen molar-refractivity contribution >= 4 is 15.9 Å². The maximum absolute atomic E-state index is 3.54. The van der Waals surface area contributed by atoms with Gasteiger partial charge in [-0.1, -0.05) is 35.0 Å². The molecule has 0 saturated carbocycles. The molecule has 0 spiro atoms. The summed E-state index contributed by atoms with van der Waals surface area (Å²) in [7, 11) is 0. The van der Waals surface area contributed by atoms with Gasteiger partial charge in [0.2, 0.25) is 0 Å². The molecule has 1 aliphatic heterocycles. The highest BCUT2D eigenvalue weighted by Gasteiger charge is 2.22. The minimum Gasteiger partial charge on any atom is -0.303 e. The Morgan fingerprint density at radius 1 is 1.47 bits per heavy atom. The monoisotopic (exact) mass is 267 g/mol.